The average molecular weight is 255 g/mol. The van der Waals surface area contributed by atoms with Crippen molar-refractivity contribution >= 4 is 11.6 Å². The number of nitrogens with zero attached hydrogens (tertiary/aromatic N) is 4. The molecule has 0 aliphatic carbocycles. The minimum absolute atomic E-state index is 0.274. The van der Waals surface area contributed by atoms with E-state index in [1.165, 1.54) is 0 Å². The van der Waals surface area contributed by atoms with Gasteiger partial charge in [0.15, 0.2) is 0 Å². The van der Waals surface area contributed by atoms with Gasteiger partial charge >= 0.3 is 0 Å². The lowest BCUT2D eigenvalue weighted by atomic mass is 10.1. The lowest BCUT2D eigenvalue weighted by molar-refractivity contribution is 0.684. The SMILES string of the molecule is CNc1cncc([C@H]2CCCN2c2ccccn2)n1. The molecular weight excluding hydrogens is 238 g/mol. The molecule has 5 nitrogen and oxygen atoms in total. The molecule has 1 aliphatic rings. The molecule has 0 spiro atoms. The summed E-state index contributed by atoms with van der Waals surface area (Å²) < 4.78 is 0. The van der Waals surface area contributed by atoms with Crippen LogP contribution in [0.5, 0.6) is 0 Å². The highest BCUT2D eigenvalue weighted by Crippen LogP contribution is 2.34. The van der Waals surface area contributed by atoms with Crippen LogP contribution in [0.1, 0.15) is 24.6 Å². The van der Waals surface area contributed by atoms with Crippen molar-refractivity contribution < 1.29 is 0 Å². The summed E-state index contributed by atoms with van der Waals surface area (Å²) in [5, 5.41) is 3.04. The van der Waals surface area contributed by atoms with Gasteiger partial charge in [-0.15, -0.1) is 0 Å². The van der Waals surface area contributed by atoms with E-state index in [1.807, 2.05) is 37.6 Å². The van der Waals surface area contributed by atoms with Crippen LogP contribution in [-0.2, 0) is 0 Å². The van der Waals surface area contributed by atoms with Gasteiger partial charge in [-0.1, -0.05) is 6.07 Å². The molecule has 0 aromatic carbocycles. The number of pyridine rings is 1. The molecule has 0 unspecified atom stereocenters. The third-order valence-corrected chi connectivity index (χ3v) is 3.45. The number of nitrogens with one attached hydrogen (secondary N) is 1. The van der Waals surface area contributed by atoms with Crippen molar-refractivity contribution in [2.24, 2.45) is 0 Å². The maximum Gasteiger partial charge on any atom is 0.144 e. The van der Waals surface area contributed by atoms with E-state index >= 15 is 0 Å². The molecule has 0 bridgehead atoms. The van der Waals surface area contributed by atoms with Gasteiger partial charge in [0.05, 0.1) is 24.1 Å². The Balaban J connectivity index is 1.90. The van der Waals surface area contributed by atoms with E-state index in [0.29, 0.717) is 0 Å². The molecule has 1 aliphatic heterocycles. The van der Waals surface area contributed by atoms with Crippen molar-refractivity contribution in [2.75, 3.05) is 23.8 Å². The van der Waals surface area contributed by atoms with Crippen LogP contribution in [0.3, 0.4) is 0 Å². The average Bonchev–Trinajstić information content (AvgIpc) is 2.98. The van der Waals surface area contributed by atoms with Crippen molar-refractivity contribution in [1.82, 2.24) is 15.0 Å². The van der Waals surface area contributed by atoms with Crippen molar-refractivity contribution in [3.05, 3.63) is 42.5 Å². The van der Waals surface area contributed by atoms with Gasteiger partial charge in [-0.05, 0) is 25.0 Å². The fourth-order valence-electron chi connectivity index (χ4n) is 2.53. The van der Waals surface area contributed by atoms with Gasteiger partial charge < -0.3 is 10.2 Å². The smallest absolute Gasteiger partial charge is 0.144 e. The first-order chi connectivity index (χ1) is 9.38. The molecule has 0 radical (unpaired) electrons. The Morgan fingerprint density at radius 2 is 2.26 bits per heavy atom. The summed E-state index contributed by atoms with van der Waals surface area (Å²) >= 11 is 0. The Kier molecular flexibility index (Phi) is 3.27. The van der Waals surface area contributed by atoms with Gasteiger partial charge in [0.25, 0.3) is 0 Å². The highest BCUT2D eigenvalue weighted by Gasteiger charge is 2.28. The van der Waals surface area contributed by atoms with Gasteiger partial charge in [0.1, 0.15) is 11.6 Å². The van der Waals surface area contributed by atoms with E-state index in [1.54, 1.807) is 6.20 Å². The summed E-state index contributed by atoms with van der Waals surface area (Å²) in [6, 6.07) is 6.28. The lowest BCUT2D eigenvalue weighted by Crippen LogP contribution is -2.24. The lowest BCUT2D eigenvalue weighted by Gasteiger charge is -2.25. The van der Waals surface area contributed by atoms with E-state index in [-0.39, 0.29) is 6.04 Å². The normalized spacial score (nSPS) is 18.6. The van der Waals surface area contributed by atoms with Crippen LogP contribution in [0, 0.1) is 0 Å². The molecule has 1 atom stereocenters. The topological polar surface area (TPSA) is 53.9 Å². The number of hydrogen-bond acceptors (Lipinski definition) is 5. The molecule has 2 aromatic rings. The van der Waals surface area contributed by atoms with E-state index in [0.717, 1.165) is 36.7 Å². The summed E-state index contributed by atoms with van der Waals surface area (Å²) in [5.74, 6) is 1.83. The van der Waals surface area contributed by atoms with Crippen LogP contribution < -0.4 is 10.2 Å². The summed E-state index contributed by atoms with van der Waals surface area (Å²) in [7, 11) is 1.86. The molecule has 0 saturated carbocycles. The van der Waals surface area contributed by atoms with Crippen LogP contribution in [0.4, 0.5) is 11.6 Å². The van der Waals surface area contributed by atoms with E-state index in [2.05, 4.69) is 25.2 Å². The second-order valence-corrected chi connectivity index (χ2v) is 4.62. The highest BCUT2D eigenvalue weighted by atomic mass is 15.2. The molecular formula is C14H17N5. The molecule has 1 N–H and O–H groups in total. The van der Waals surface area contributed by atoms with Crippen molar-refractivity contribution in [3.63, 3.8) is 0 Å². The quantitative estimate of drug-likeness (QED) is 0.911. The molecule has 0 amide bonds. The molecule has 19 heavy (non-hydrogen) atoms. The highest BCUT2D eigenvalue weighted by molar-refractivity contribution is 5.43. The largest absolute Gasteiger partial charge is 0.372 e. The fourth-order valence-corrected chi connectivity index (χ4v) is 2.53. The Morgan fingerprint density at radius 1 is 1.32 bits per heavy atom. The van der Waals surface area contributed by atoms with Crippen molar-refractivity contribution in [1.29, 1.82) is 0 Å². The first-order valence-corrected chi connectivity index (χ1v) is 6.56. The molecule has 98 valence electrons. The van der Waals surface area contributed by atoms with Gasteiger partial charge in [-0.2, -0.15) is 0 Å². The maximum atomic E-state index is 4.61. The van der Waals surface area contributed by atoms with Gasteiger partial charge in [-0.25, -0.2) is 9.97 Å². The number of aromatic nitrogens is 3. The van der Waals surface area contributed by atoms with Crippen LogP contribution in [0.25, 0.3) is 0 Å². The molecule has 1 saturated heterocycles. The second-order valence-electron chi connectivity index (χ2n) is 4.62. The van der Waals surface area contributed by atoms with Gasteiger partial charge in [0.2, 0.25) is 0 Å². The van der Waals surface area contributed by atoms with Gasteiger partial charge in [0, 0.05) is 19.8 Å². The Bertz CT molecular complexity index is 543. The van der Waals surface area contributed by atoms with Crippen LogP contribution in [-0.4, -0.2) is 28.5 Å². The first kappa shape index (κ1) is 11.9. The van der Waals surface area contributed by atoms with E-state index in [9.17, 15) is 0 Å². The minimum atomic E-state index is 0.274. The second kappa shape index (κ2) is 5.22. The van der Waals surface area contributed by atoms with Crippen LogP contribution in [0.2, 0.25) is 0 Å². The maximum absolute atomic E-state index is 4.61. The zero-order chi connectivity index (χ0) is 13.1. The Labute approximate surface area is 112 Å². The van der Waals surface area contributed by atoms with Crippen molar-refractivity contribution in [3.8, 4) is 0 Å². The predicted molar refractivity (Wildman–Crippen MR) is 75.1 cm³/mol. The van der Waals surface area contributed by atoms with E-state index < -0.39 is 0 Å². The molecule has 1 fully saturated rings. The first-order valence-electron chi connectivity index (χ1n) is 6.56. The minimum Gasteiger partial charge on any atom is -0.372 e. The fraction of sp³-hybridized carbons (Fsp3) is 0.357. The molecule has 3 rings (SSSR count). The summed E-state index contributed by atoms with van der Waals surface area (Å²) in [5.41, 5.74) is 1.01. The third-order valence-electron chi connectivity index (χ3n) is 3.45. The number of hydrogen-bond donors (Lipinski definition) is 1. The van der Waals surface area contributed by atoms with Crippen LogP contribution in [0.15, 0.2) is 36.8 Å². The Morgan fingerprint density at radius 3 is 3.05 bits per heavy atom. The summed E-state index contributed by atoms with van der Waals surface area (Å²) in [4.78, 5) is 15.6. The molecule has 2 aromatic heterocycles. The zero-order valence-corrected chi connectivity index (χ0v) is 11.0. The van der Waals surface area contributed by atoms with E-state index in [4.69, 9.17) is 0 Å². The van der Waals surface area contributed by atoms with Crippen LogP contribution >= 0.6 is 0 Å². The number of rotatable bonds is 3. The third kappa shape index (κ3) is 2.36. The number of anilines is 2. The standard InChI is InChI=1S/C14H17N5/c1-15-13-10-16-9-11(18-13)12-5-4-8-19(12)14-6-2-3-7-17-14/h2-3,6-7,9-10,12H,4-5,8H2,1H3,(H,15,18)/t12-/m1/s1. The molecule has 5 heteroatoms. The monoisotopic (exact) mass is 255 g/mol. The zero-order valence-electron chi connectivity index (χ0n) is 11.0. The summed E-state index contributed by atoms with van der Waals surface area (Å²) in [6.45, 7) is 1.02. The van der Waals surface area contributed by atoms with Gasteiger partial charge in [-0.3, -0.25) is 4.98 Å². The van der Waals surface area contributed by atoms with Crippen molar-refractivity contribution in [2.45, 2.75) is 18.9 Å². The Hall–Kier alpha value is -2.17. The predicted octanol–water partition coefficient (Wildman–Crippen LogP) is 2.25. The summed E-state index contributed by atoms with van der Waals surface area (Å²) in [6.07, 6.45) is 7.68. The molecule has 3 heterocycles.